The van der Waals surface area contributed by atoms with Crippen LogP contribution in [-0.4, -0.2) is 17.9 Å². The van der Waals surface area contributed by atoms with Crippen LogP contribution in [0, 0.1) is 10.5 Å². The fraction of sp³-hybridized carbons (Fsp3) is 0.105. The lowest BCUT2D eigenvalue weighted by Crippen LogP contribution is -1.97. The van der Waals surface area contributed by atoms with E-state index in [2.05, 4.69) is 51.2 Å². The fourth-order valence-electron chi connectivity index (χ4n) is 2.33. The lowest BCUT2D eigenvalue weighted by atomic mass is 10.2. The summed E-state index contributed by atoms with van der Waals surface area (Å²) in [5.41, 5.74) is 4.32. The molecule has 0 amide bonds. The summed E-state index contributed by atoms with van der Waals surface area (Å²) in [4.78, 5) is 4.60. The van der Waals surface area contributed by atoms with Gasteiger partial charge < -0.3 is 9.30 Å². The molecule has 0 fully saturated rings. The highest BCUT2D eigenvalue weighted by Gasteiger charge is 2.02. The third kappa shape index (κ3) is 3.64. The maximum absolute atomic E-state index is 5.21. The smallest absolute Gasteiger partial charge is 0.119 e. The minimum Gasteiger partial charge on any atom is -0.497 e. The van der Waals surface area contributed by atoms with Crippen LogP contribution in [0.25, 0.3) is 5.69 Å². The number of benzene rings is 2. The van der Waals surface area contributed by atoms with E-state index >= 15 is 0 Å². The van der Waals surface area contributed by atoms with Crippen molar-refractivity contribution in [2.75, 3.05) is 7.11 Å². The van der Waals surface area contributed by atoms with E-state index in [1.165, 1.54) is 9.13 Å². The molecule has 3 nitrogen and oxygen atoms in total. The van der Waals surface area contributed by atoms with E-state index < -0.39 is 0 Å². The molecule has 0 saturated carbocycles. The number of halogens is 1. The number of aryl methyl sites for hydroxylation is 1. The van der Waals surface area contributed by atoms with Crippen molar-refractivity contribution in [1.29, 1.82) is 0 Å². The molecule has 0 aliphatic heterocycles. The number of aliphatic imine (C=N–C) groups is 1. The van der Waals surface area contributed by atoms with Gasteiger partial charge in [-0.2, -0.15) is 0 Å². The third-order valence-electron chi connectivity index (χ3n) is 3.62. The minimum atomic E-state index is 0.852. The molecule has 0 aliphatic carbocycles. The van der Waals surface area contributed by atoms with E-state index in [0.29, 0.717) is 0 Å². The van der Waals surface area contributed by atoms with Crippen molar-refractivity contribution in [3.8, 4) is 11.4 Å². The zero-order chi connectivity index (χ0) is 16.2. The first-order chi connectivity index (χ1) is 11.2. The van der Waals surface area contributed by atoms with Crippen molar-refractivity contribution in [1.82, 2.24) is 4.57 Å². The number of hydrogen-bond donors (Lipinski definition) is 0. The van der Waals surface area contributed by atoms with Crippen LogP contribution in [0.4, 0.5) is 5.69 Å². The summed E-state index contributed by atoms with van der Waals surface area (Å²) >= 11 is 2.33. The maximum Gasteiger partial charge on any atom is 0.119 e. The van der Waals surface area contributed by atoms with E-state index in [1.807, 2.05) is 54.9 Å². The lowest BCUT2D eigenvalue weighted by molar-refractivity contribution is 0.415. The third-order valence-corrected chi connectivity index (χ3v) is 4.83. The Morgan fingerprint density at radius 1 is 1.09 bits per heavy atom. The Kier molecular flexibility index (Phi) is 4.81. The van der Waals surface area contributed by atoms with Crippen LogP contribution in [-0.2, 0) is 0 Å². The average molecular weight is 416 g/mol. The summed E-state index contributed by atoms with van der Waals surface area (Å²) in [6.45, 7) is 2.10. The molecule has 0 saturated heterocycles. The molecule has 0 bridgehead atoms. The van der Waals surface area contributed by atoms with Crippen molar-refractivity contribution < 1.29 is 4.74 Å². The van der Waals surface area contributed by atoms with Crippen LogP contribution in [0.5, 0.6) is 5.75 Å². The Morgan fingerprint density at radius 2 is 1.87 bits per heavy atom. The number of ether oxygens (including phenoxy) is 1. The number of methoxy groups -OCH3 is 1. The van der Waals surface area contributed by atoms with Gasteiger partial charge in [-0.05, 0) is 89.7 Å². The first kappa shape index (κ1) is 15.8. The van der Waals surface area contributed by atoms with Crippen molar-refractivity contribution in [2.45, 2.75) is 6.92 Å². The summed E-state index contributed by atoms with van der Waals surface area (Å²) in [5.74, 6) is 0.852. The molecule has 0 aliphatic rings. The van der Waals surface area contributed by atoms with Crippen LogP contribution in [0.15, 0.2) is 65.8 Å². The van der Waals surface area contributed by atoms with E-state index in [-0.39, 0.29) is 0 Å². The van der Waals surface area contributed by atoms with E-state index in [9.17, 15) is 0 Å². The molecule has 3 rings (SSSR count). The highest BCUT2D eigenvalue weighted by Crippen LogP contribution is 2.20. The first-order valence-electron chi connectivity index (χ1n) is 7.29. The molecule has 1 heterocycles. The van der Waals surface area contributed by atoms with Crippen molar-refractivity contribution in [3.63, 3.8) is 0 Å². The second-order valence-electron chi connectivity index (χ2n) is 5.19. The number of rotatable bonds is 4. The van der Waals surface area contributed by atoms with Gasteiger partial charge in [-0.25, -0.2) is 0 Å². The van der Waals surface area contributed by atoms with Gasteiger partial charge in [-0.15, -0.1) is 0 Å². The van der Waals surface area contributed by atoms with Gasteiger partial charge in [0.05, 0.1) is 24.7 Å². The van der Waals surface area contributed by atoms with Gasteiger partial charge in [0, 0.05) is 15.5 Å². The summed E-state index contributed by atoms with van der Waals surface area (Å²) < 4.78 is 8.56. The Balaban J connectivity index is 1.88. The molecule has 0 atom stereocenters. The maximum atomic E-state index is 5.21. The van der Waals surface area contributed by atoms with Gasteiger partial charge in [0.15, 0.2) is 0 Å². The van der Waals surface area contributed by atoms with Gasteiger partial charge in [-0.3, -0.25) is 4.99 Å². The van der Waals surface area contributed by atoms with Gasteiger partial charge in [0.25, 0.3) is 0 Å². The fourth-order valence-corrected chi connectivity index (χ4v) is 2.66. The standard InChI is InChI=1S/C19H17IN2O/c1-14-12-15(5-10-19(14)20)21-13-17-4-3-11-22(17)16-6-8-18(23-2)9-7-16/h3-13H,1-2H3. The molecule has 4 heteroatoms. The van der Waals surface area contributed by atoms with Gasteiger partial charge in [-0.1, -0.05) is 0 Å². The highest BCUT2D eigenvalue weighted by molar-refractivity contribution is 14.1. The first-order valence-corrected chi connectivity index (χ1v) is 8.37. The van der Waals surface area contributed by atoms with Crippen LogP contribution >= 0.6 is 22.6 Å². The Bertz CT molecular complexity index is 835. The zero-order valence-electron chi connectivity index (χ0n) is 13.0. The Labute approximate surface area is 149 Å². The van der Waals surface area contributed by atoms with E-state index in [0.717, 1.165) is 22.8 Å². The molecule has 1 aromatic heterocycles. The second-order valence-corrected chi connectivity index (χ2v) is 6.35. The monoisotopic (exact) mass is 416 g/mol. The summed E-state index contributed by atoms with van der Waals surface area (Å²) in [6.07, 6.45) is 3.92. The van der Waals surface area contributed by atoms with Crippen LogP contribution in [0.2, 0.25) is 0 Å². The molecule has 2 aromatic carbocycles. The van der Waals surface area contributed by atoms with Gasteiger partial charge in [0.1, 0.15) is 5.75 Å². The largest absolute Gasteiger partial charge is 0.497 e. The number of nitrogens with zero attached hydrogens (tertiary/aromatic N) is 2. The molecule has 0 radical (unpaired) electrons. The highest BCUT2D eigenvalue weighted by atomic mass is 127. The van der Waals surface area contributed by atoms with Crippen molar-refractivity contribution >= 4 is 34.5 Å². The van der Waals surface area contributed by atoms with Crippen LogP contribution in [0.3, 0.4) is 0 Å². The Morgan fingerprint density at radius 3 is 2.57 bits per heavy atom. The summed E-state index contributed by atoms with van der Waals surface area (Å²) in [5, 5.41) is 0. The van der Waals surface area contributed by atoms with Crippen molar-refractivity contribution in [2.24, 2.45) is 4.99 Å². The van der Waals surface area contributed by atoms with Gasteiger partial charge >= 0.3 is 0 Å². The SMILES string of the molecule is COc1ccc(-n2cccc2C=Nc2ccc(I)c(C)c2)cc1. The predicted molar refractivity (Wildman–Crippen MR) is 103 cm³/mol. The molecule has 0 N–H and O–H groups in total. The zero-order valence-corrected chi connectivity index (χ0v) is 15.2. The second kappa shape index (κ2) is 7.00. The minimum absolute atomic E-state index is 0.852. The van der Waals surface area contributed by atoms with Gasteiger partial charge in [0.2, 0.25) is 0 Å². The molecule has 23 heavy (non-hydrogen) atoms. The van der Waals surface area contributed by atoms with E-state index in [1.54, 1.807) is 7.11 Å². The topological polar surface area (TPSA) is 26.5 Å². The molecule has 3 aromatic rings. The molecular weight excluding hydrogens is 399 g/mol. The quantitative estimate of drug-likeness (QED) is 0.427. The normalized spacial score (nSPS) is 11.1. The van der Waals surface area contributed by atoms with Crippen LogP contribution < -0.4 is 4.74 Å². The number of hydrogen-bond acceptors (Lipinski definition) is 2. The van der Waals surface area contributed by atoms with Crippen molar-refractivity contribution in [3.05, 3.63) is 75.6 Å². The average Bonchev–Trinajstić information content (AvgIpc) is 3.04. The summed E-state index contributed by atoms with van der Waals surface area (Å²) in [6, 6.07) is 18.3. The van der Waals surface area contributed by atoms with Crippen LogP contribution in [0.1, 0.15) is 11.3 Å². The molecule has 116 valence electrons. The Hall–Kier alpha value is -2.08. The predicted octanol–water partition coefficient (Wildman–Crippen LogP) is 5.15. The number of aromatic nitrogens is 1. The molecule has 0 spiro atoms. The van der Waals surface area contributed by atoms with E-state index in [4.69, 9.17) is 4.74 Å². The molecule has 0 unspecified atom stereocenters. The lowest BCUT2D eigenvalue weighted by Gasteiger charge is -2.07. The molecular formula is C19H17IN2O. The summed E-state index contributed by atoms with van der Waals surface area (Å²) in [7, 11) is 1.67.